The summed E-state index contributed by atoms with van der Waals surface area (Å²) < 4.78 is 3.61. The van der Waals surface area contributed by atoms with Crippen molar-refractivity contribution in [2.45, 2.75) is 45.2 Å². The molecule has 170 valence electrons. The normalized spacial score (nSPS) is 15.5. The van der Waals surface area contributed by atoms with Gasteiger partial charge in [-0.15, -0.1) is 5.10 Å². The fraction of sp³-hybridized carbons (Fsp3) is 0.417. The molecule has 9 nitrogen and oxygen atoms in total. The topological polar surface area (TPSA) is 94.6 Å². The maximum atomic E-state index is 12.9. The molecule has 4 aromatic heterocycles. The van der Waals surface area contributed by atoms with Crippen LogP contribution in [0.2, 0.25) is 0 Å². The lowest BCUT2D eigenvalue weighted by molar-refractivity contribution is 0.0987. The molecule has 1 fully saturated rings. The Morgan fingerprint density at radius 2 is 1.97 bits per heavy atom. The van der Waals surface area contributed by atoms with E-state index in [1.807, 2.05) is 36.1 Å². The van der Waals surface area contributed by atoms with Crippen LogP contribution < -0.4 is 0 Å². The van der Waals surface area contributed by atoms with Gasteiger partial charge in [-0.1, -0.05) is 5.21 Å². The molecule has 33 heavy (non-hydrogen) atoms. The Hall–Kier alpha value is -3.46. The summed E-state index contributed by atoms with van der Waals surface area (Å²) in [6.45, 7) is 6.53. The number of aromatic nitrogens is 7. The predicted octanol–water partition coefficient (Wildman–Crippen LogP) is 3.09. The number of hydrogen-bond donors (Lipinski definition) is 0. The number of aryl methyl sites for hydroxylation is 1. The second-order valence-corrected chi connectivity index (χ2v) is 9.01. The lowest BCUT2D eigenvalue weighted by Crippen LogP contribution is -2.39. The zero-order chi connectivity index (χ0) is 22.9. The third-order valence-electron chi connectivity index (χ3n) is 6.37. The van der Waals surface area contributed by atoms with Gasteiger partial charge < -0.3 is 4.90 Å². The molecule has 0 aliphatic carbocycles. The number of rotatable bonds is 6. The average Bonchev–Trinajstić information content (AvgIpc) is 3.48. The van der Waals surface area contributed by atoms with Crippen molar-refractivity contribution < 1.29 is 4.79 Å². The van der Waals surface area contributed by atoms with Crippen LogP contribution in [0, 0.1) is 0 Å². The molecule has 0 saturated carbocycles. The van der Waals surface area contributed by atoms with Crippen LogP contribution in [0.4, 0.5) is 0 Å². The Balaban J connectivity index is 1.29. The quantitative estimate of drug-likeness (QED) is 0.422. The van der Waals surface area contributed by atoms with Gasteiger partial charge in [-0.2, -0.15) is 5.10 Å². The van der Waals surface area contributed by atoms with Crippen LogP contribution in [0.15, 0.2) is 43.0 Å². The fourth-order valence-corrected chi connectivity index (χ4v) is 4.37. The van der Waals surface area contributed by atoms with E-state index in [1.165, 1.54) is 0 Å². The summed E-state index contributed by atoms with van der Waals surface area (Å²) in [4.78, 5) is 24.6. The minimum absolute atomic E-state index is 0.0869. The lowest BCUT2D eigenvalue weighted by atomic mass is 10.0. The van der Waals surface area contributed by atoms with Gasteiger partial charge in [0.15, 0.2) is 5.78 Å². The van der Waals surface area contributed by atoms with Crippen LogP contribution in [0.25, 0.3) is 22.2 Å². The van der Waals surface area contributed by atoms with Crippen molar-refractivity contribution in [3.05, 3.63) is 54.4 Å². The third kappa shape index (κ3) is 4.54. The van der Waals surface area contributed by atoms with Crippen LogP contribution in [-0.2, 0) is 13.5 Å². The Kier molecular flexibility index (Phi) is 5.72. The van der Waals surface area contributed by atoms with Gasteiger partial charge in [0, 0.05) is 49.5 Å². The molecule has 0 spiro atoms. The molecule has 1 saturated heterocycles. The van der Waals surface area contributed by atoms with E-state index in [4.69, 9.17) is 4.98 Å². The largest absolute Gasteiger partial charge is 0.301 e. The van der Waals surface area contributed by atoms with Crippen LogP contribution in [0.1, 0.15) is 48.9 Å². The van der Waals surface area contributed by atoms with E-state index in [9.17, 15) is 4.79 Å². The second kappa shape index (κ2) is 8.82. The maximum absolute atomic E-state index is 12.9. The van der Waals surface area contributed by atoms with Gasteiger partial charge in [-0.25, -0.2) is 9.67 Å². The van der Waals surface area contributed by atoms with Crippen molar-refractivity contribution in [3.63, 3.8) is 0 Å². The number of carbonyl (C=O) groups is 1. The van der Waals surface area contributed by atoms with E-state index in [0.717, 1.165) is 48.1 Å². The van der Waals surface area contributed by atoms with Crippen molar-refractivity contribution in [1.82, 2.24) is 39.6 Å². The smallest absolute Gasteiger partial charge is 0.190 e. The Morgan fingerprint density at radius 3 is 2.70 bits per heavy atom. The number of hydrogen-bond acceptors (Lipinski definition) is 7. The molecule has 0 bridgehead atoms. The number of ketones is 1. The molecule has 5 heterocycles. The molecule has 0 unspecified atom stereocenters. The number of likely N-dealkylation sites (tertiary alicyclic amines) is 1. The van der Waals surface area contributed by atoms with Gasteiger partial charge in [-0.3, -0.25) is 14.5 Å². The van der Waals surface area contributed by atoms with Gasteiger partial charge in [0.05, 0.1) is 41.8 Å². The minimum Gasteiger partial charge on any atom is -0.301 e. The van der Waals surface area contributed by atoms with Gasteiger partial charge >= 0.3 is 0 Å². The first-order valence-corrected chi connectivity index (χ1v) is 11.4. The zero-order valence-electron chi connectivity index (χ0n) is 19.2. The van der Waals surface area contributed by atoms with Gasteiger partial charge in [0.1, 0.15) is 5.69 Å². The highest BCUT2D eigenvalue weighted by Crippen LogP contribution is 2.24. The molecule has 4 aromatic rings. The van der Waals surface area contributed by atoms with Crippen molar-refractivity contribution in [2.75, 3.05) is 13.1 Å². The van der Waals surface area contributed by atoms with Crippen molar-refractivity contribution in [1.29, 1.82) is 0 Å². The van der Waals surface area contributed by atoms with Gasteiger partial charge in [0.25, 0.3) is 0 Å². The summed E-state index contributed by atoms with van der Waals surface area (Å²) >= 11 is 0. The number of pyridine rings is 2. The zero-order valence-corrected chi connectivity index (χ0v) is 19.2. The molecular weight excluding hydrogens is 416 g/mol. The summed E-state index contributed by atoms with van der Waals surface area (Å²) in [5, 5.41) is 13.6. The summed E-state index contributed by atoms with van der Waals surface area (Å²) in [7, 11) is 1.88. The average molecular weight is 445 g/mol. The number of piperidine rings is 1. The maximum Gasteiger partial charge on any atom is 0.190 e. The van der Waals surface area contributed by atoms with E-state index < -0.39 is 0 Å². The van der Waals surface area contributed by atoms with Crippen LogP contribution >= 0.6 is 0 Å². The second-order valence-electron chi connectivity index (χ2n) is 9.01. The van der Waals surface area contributed by atoms with Crippen LogP contribution in [-0.4, -0.2) is 64.6 Å². The monoisotopic (exact) mass is 444 g/mol. The minimum atomic E-state index is -0.0869. The molecule has 0 atom stereocenters. The fourth-order valence-electron chi connectivity index (χ4n) is 4.37. The van der Waals surface area contributed by atoms with Crippen LogP contribution in [0.5, 0.6) is 0 Å². The Morgan fingerprint density at radius 1 is 1.15 bits per heavy atom. The highest BCUT2D eigenvalue weighted by molar-refractivity contribution is 5.95. The molecule has 5 rings (SSSR count). The molecule has 0 radical (unpaired) electrons. The summed E-state index contributed by atoms with van der Waals surface area (Å²) in [6, 6.07) is 6.67. The highest BCUT2D eigenvalue weighted by Gasteiger charge is 2.24. The standard InChI is InChI=1S/C24H28N8O/c1-16(2)31-8-6-20(7-9-31)32-15-23(28-29-32)24(33)11-19-10-22-17(12-25-19)4-5-21(27-22)18-13-26-30(3)14-18/h4-5,10,12-16,20H,6-9,11H2,1-3H3. The lowest BCUT2D eigenvalue weighted by Gasteiger charge is -2.34. The summed E-state index contributed by atoms with van der Waals surface area (Å²) in [5.41, 5.74) is 3.65. The SMILES string of the molecule is CC(C)N1CCC(n2cc(C(=O)Cc3cc4nc(-c5cnn(C)c5)ccc4cn3)nn2)CC1. The first-order chi connectivity index (χ1) is 16.0. The Labute approximate surface area is 192 Å². The molecule has 0 aromatic carbocycles. The van der Waals surface area contributed by atoms with Gasteiger partial charge in [0.2, 0.25) is 0 Å². The molecule has 9 heteroatoms. The number of fused-ring (bicyclic) bond motifs is 1. The number of Topliss-reactive ketones (excluding diaryl/α,β-unsaturated/α-hetero) is 1. The summed E-state index contributed by atoms with van der Waals surface area (Å²) in [5.74, 6) is -0.0869. The molecular formula is C24H28N8O. The van der Waals surface area contributed by atoms with E-state index in [2.05, 4.69) is 39.1 Å². The van der Waals surface area contributed by atoms with Crippen molar-refractivity contribution >= 4 is 16.7 Å². The van der Waals surface area contributed by atoms with Crippen molar-refractivity contribution in [2.24, 2.45) is 7.05 Å². The summed E-state index contributed by atoms with van der Waals surface area (Å²) in [6.07, 6.45) is 9.47. The molecule has 0 amide bonds. The molecule has 1 aliphatic rings. The number of nitrogens with zero attached hydrogens (tertiary/aromatic N) is 8. The predicted molar refractivity (Wildman–Crippen MR) is 125 cm³/mol. The van der Waals surface area contributed by atoms with Crippen LogP contribution in [0.3, 0.4) is 0 Å². The van der Waals surface area contributed by atoms with E-state index in [1.54, 1.807) is 23.3 Å². The number of carbonyl (C=O) groups excluding carboxylic acids is 1. The molecule has 1 aliphatic heterocycles. The third-order valence-corrected chi connectivity index (χ3v) is 6.37. The Bertz CT molecular complexity index is 1280. The van der Waals surface area contributed by atoms with E-state index >= 15 is 0 Å². The van der Waals surface area contributed by atoms with Crippen molar-refractivity contribution in [3.8, 4) is 11.3 Å². The van der Waals surface area contributed by atoms with E-state index in [-0.39, 0.29) is 12.2 Å². The van der Waals surface area contributed by atoms with Gasteiger partial charge in [-0.05, 0) is 44.9 Å². The highest BCUT2D eigenvalue weighted by atomic mass is 16.1. The first kappa shape index (κ1) is 21.4. The first-order valence-electron chi connectivity index (χ1n) is 11.4. The van der Waals surface area contributed by atoms with E-state index in [0.29, 0.717) is 23.5 Å². The molecule has 0 N–H and O–H groups in total.